The van der Waals surface area contributed by atoms with Crippen molar-refractivity contribution in [2.45, 2.75) is 24.8 Å². The maximum atomic E-state index is 13.2. The molecule has 0 radical (unpaired) electrons. The number of halogens is 8. The minimum Gasteiger partial charge on any atom is -0.358 e. The van der Waals surface area contributed by atoms with Crippen LogP contribution in [0.25, 0.3) is 0 Å². The van der Waals surface area contributed by atoms with Gasteiger partial charge in [-0.05, 0) is 41.8 Å². The smallest absolute Gasteiger partial charge is 0.358 e. The average molecular weight is 487 g/mol. The highest BCUT2D eigenvalue weighted by atomic mass is 35.5. The third-order valence-electron chi connectivity index (χ3n) is 4.33. The summed E-state index contributed by atoms with van der Waals surface area (Å²) in [5.74, 6) is 0.722. The van der Waals surface area contributed by atoms with Crippen molar-refractivity contribution in [2.24, 2.45) is 4.99 Å². The summed E-state index contributed by atoms with van der Waals surface area (Å²) in [6.45, 7) is 0.560. The van der Waals surface area contributed by atoms with Crippen LogP contribution in [-0.4, -0.2) is 17.5 Å². The number of benzene rings is 2. The zero-order chi connectivity index (χ0) is 22.1. The van der Waals surface area contributed by atoms with Crippen LogP contribution in [-0.2, 0) is 18.8 Å². The first kappa shape index (κ1) is 23.1. The van der Waals surface area contributed by atoms with Crippen molar-refractivity contribution in [3.63, 3.8) is 0 Å². The van der Waals surface area contributed by atoms with Gasteiger partial charge in [-0.3, -0.25) is 4.99 Å². The van der Waals surface area contributed by atoms with Crippen molar-refractivity contribution < 1.29 is 26.3 Å². The molecule has 11 heteroatoms. The summed E-state index contributed by atoms with van der Waals surface area (Å²) in [6, 6.07) is 5.57. The first-order valence-corrected chi connectivity index (χ1v) is 10.4. The molecule has 1 heterocycles. The molecule has 1 N–H and O–H groups in total. The lowest BCUT2D eigenvalue weighted by Crippen LogP contribution is -2.27. The molecule has 2 aromatic carbocycles. The standard InChI is InChI=1S/C19H14Cl2F6N2S/c20-14-3-1-2-13(16(14)21)15(29-17-28-4-5-30-17)8-10-6-11(18(22,23)24)9-12(7-10)19(25,26)27/h1-3,6-7,9,15H,4-5,8H2,(H,28,29). The second kappa shape index (κ2) is 8.88. The van der Waals surface area contributed by atoms with E-state index >= 15 is 0 Å². The zero-order valence-corrected chi connectivity index (χ0v) is 17.4. The highest BCUT2D eigenvalue weighted by Gasteiger charge is 2.37. The maximum Gasteiger partial charge on any atom is 0.416 e. The molecule has 1 aliphatic rings. The molecule has 2 nitrogen and oxygen atoms in total. The lowest BCUT2D eigenvalue weighted by molar-refractivity contribution is -0.143. The van der Waals surface area contributed by atoms with E-state index in [1.165, 1.54) is 17.8 Å². The SMILES string of the molecule is FC(F)(F)c1cc(CC(NC2=NCCS2)c2cccc(Cl)c2Cl)cc(C(F)(F)F)c1. The number of alkyl halides is 6. The first-order chi connectivity index (χ1) is 13.9. The Morgan fingerprint density at radius 1 is 1.00 bits per heavy atom. The Morgan fingerprint density at radius 2 is 1.63 bits per heavy atom. The minimum atomic E-state index is -4.92. The summed E-state index contributed by atoms with van der Waals surface area (Å²) in [5.41, 5.74) is -2.42. The molecule has 0 saturated carbocycles. The Hall–Kier alpha value is -1.58. The molecule has 0 saturated heterocycles. The van der Waals surface area contributed by atoms with Gasteiger partial charge in [0.2, 0.25) is 0 Å². The normalized spacial score (nSPS) is 15.8. The predicted molar refractivity (Wildman–Crippen MR) is 107 cm³/mol. The van der Waals surface area contributed by atoms with E-state index < -0.39 is 29.5 Å². The Kier molecular flexibility index (Phi) is 6.84. The van der Waals surface area contributed by atoms with Crippen LogP contribution in [0, 0.1) is 0 Å². The third-order valence-corrected chi connectivity index (χ3v) is 6.07. The number of hydrogen-bond acceptors (Lipinski definition) is 3. The number of amidine groups is 1. The summed E-state index contributed by atoms with van der Waals surface area (Å²) in [7, 11) is 0. The summed E-state index contributed by atoms with van der Waals surface area (Å²) in [4.78, 5) is 4.24. The molecule has 0 bridgehead atoms. The Labute approximate surface area is 182 Å². The van der Waals surface area contributed by atoms with Crippen molar-refractivity contribution in [3.8, 4) is 0 Å². The number of nitrogens with one attached hydrogen (secondary N) is 1. The summed E-state index contributed by atoms with van der Waals surface area (Å²) >= 11 is 13.7. The highest BCUT2D eigenvalue weighted by molar-refractivity contribution is 8.14. The molecule has 0 aliphatic carbocycles. The number of rotatable bonds is 4. The fourth-order valence-corrected chi connectivity index (χ4v) is 4.20. The van der Waals surface area contributed by atoms with E-state index in [-0.39, 0.29) is 28.1 Å². The quantitative estimate of drug-likeness (QED) is 0.470. The van der Waals surface area contributed by atoms with Crippen LogP contribution in [0.3, 0.4) is 0 Å². The molecule has 0 amide bonds. The molecule has 0 aromatic heterocycles. The van der Waals surface area contributed by atoms with E-state index in [0.717, 1.165) is 5.75 Å². The van der Waals surface area contributed by atoms with E-state index in [1.807, 2.05) is 0 Å². The van der Waals surface area contributed by atoms with Crippen molar-refractivity contribution in [2.75, 3.05) is 12.3 Å². The summed E-state index contributed by atoms with van der Waals surface area (Å²) in [5, 5.41) is 4.01. The lowest BCUT2D eigenvalue weighted by Gasteiger charge is -2.23. The number of aliphatic imine (C=N–C) groups is 1. The molecule has 3 rings (SSSR count). The molecule has 162 valence electrons. The average Bonchev–Trinajstić information content (AvgIpc) is 3.15. The van der Waals surface area contributed by atoms with Crippen LogP contribution < -0.4 is 5.32 Å². The van der Waals surface area contributed by atoms with Crippen LogP contribution in [0.15, 0.2) is 41.4 Å². The highest BCUT2D eigenvalue weighted by Crippen LogP contribution is 2.38. The molecule has 1 unspecified atom stereocenters. The van der Waals surface area contributed by atoms with Crippen LogP contribution in [0.1, 0.15) is 28.3 Å². The summed E-state index contributed by atoms with van der Waals surface area (Å²) < 4.78 is 79.2. The Bertz CT molecular complexity index is 927. The van der Waals surface area contributed by atoms with Crippen LogP contribution in [0.2, 0.25) is 10.0 Å². The van der Waals surface area contributed by atoms with Gasteiger partial charge in [0.25, 0.3) is 0 Å². The van der Waals surface area contributed by atoms with Crippen molar-refractivity contribution >= 4 is 40.1 Å². The molecule has 2 aromatic rings. The largest absolute Gasteiger partial charge is 0.416 e. The Balaban J connectivity index is 2.04. The topological polar surface area (TPSA) is 24.4 Å². The van der Waals surface area contributed by atoms with Gasteiger partial charge in [-0.1, -0.05) is 47.1 Å². The number of hydrogen-bond donors (Lipinski definition) is 1. The maximum absolute atomic E-state index is 13.2. The third kappa shape index (κ3) is 5.56. The number of thioether (sulfide) groups is 1. The molecule has 1 aliphatic heterocycles. The van der Waals surface area contributed by atoms with E-state index in [1.54, 1.807) is 12.1 Å². The van der Waals surface area contributed by atoms with Gasteiger partial charge in [0.05, 0.1) is 33.8 Å². The van der Waals surface area contributed by atoms with E-state index in [2.05, 4.69) is 10.3 Å². The molecule has 1 atom stereocenters. The van der Waals surface area contributed by atoms with Gasteiger partial charge in [0, 0.05) is 5.75 Å². The Morgan fingerprint density at radius 3 is 2.17 bits per heavy atom. The van der Waals surface area contributed by atoms with E-state index in [0.29, 0.717) is 29.4 Å². The fourth-order valence-electron chi connectivity index (χ4n) is 2.97. The van der Waals surface area contributed by atoms with E-state index in [9.17, 15) is 26.3 Å². The van der Waals surface area contributed by atoms with Crippen LogP contribution in [0.4, 0.5) is 26.3 Å². The van der Waals surface area contributed by atoms with Crippen LogP contribution in [0.5, 0.6) is 0 Å². The van der Waals surface area contributed by atoms with Gasteiger partial charge >= 0.3 is 12.4 Å². The summed E-state index contributed by atoms with van der Waals surface area (Å²) in [6.07, 6.45) is -10.0. The molecular weight excluding hydrogens is 473 g/mol. The second-order valence-corrected chi connectivity index (χ2v) is 8.36. The van der Waals surface area contributed by atoms with Gasteiger partial charge in [-0.2, -0.15) is 26.3 Å². The second-order valence-electron chi connectivity index (χ2n) is 6.49. The fraction of sp³-hybridized carbons (Fsp3) is 0.316. The molecule has 30 heavy (non-hydrogen) atoms. The zero-order valence-electron chi connectivity index (χ0n) is 15.0. The van der Waals surface area contributed by atoms with Gasteiger partial charge in [0.15, 0.2) is 5.17 Å². The van der Waals surface area contributed by atoms with Gasteiger partial charge in [0.1, 0.15) is 0 Å². The van der Waals surface area contributed by atoms with E-state index in [4.69, 9.17) is 23.2 Å². The van der Waals surface area contributed by atoms with Crippen molar-refractivity contribution in [1.82, 2.24) is 5.32 Å². The van der Waals surface area contributed by atoms with Gasteiger partial charge < -0.3 is 5.32 Å². The molecular formula is C19H14Cl2F6N2S. The van der Waals surface area contributed by atoms with Crippen LogP contribution >= 0.6 is 35.0 Å². The van der Waals surface area contributed by atoms with Gasteiger partial charge in [-0.25, -0.2) is 0 Å². The van der Waals surface area contributed by atoms with Crippen molar-refractivity contribution in [1.29, 1.82) is 0 Å². The first-order valence-electron chi connectivity index (χ1n) is 8.61. The molecule has 0 spiro atoms. The number of nitrogens with zero attached hydrogens (tertiary/aromatic N) is 1. The predicted octanol–water partition coefficient (Wildman–Crippen LogP) is 7.01. The van der Waals surface area contributed by atoms with Gasteiger partial charge in [-0.15, -0.1) is 0 Å². The monoisotopic (exact) mass is 486 g/mol. The van der Waals surface area contributed by atoms with Crippen molar-refractivity contribution in [3.05, 3.63) is 68.7 Å². The lowest BCUT2D eigenvalue weighted by atomic mass is 9.95. The minimum absolute atomic E-state index is 0.106. The molecule has 0 fully saturated rings.